The van der Waals surface area contributed by atoms with Gasteiger partial charge in [0.2, 0.25) is 0 Å². The number of amides is 4. The minimum absolute atomic E-state index is 0.156. The van der Waals surface area contributed by atoms with Crippen LogP contribution in [0.2, 0.25) is 0 Å². The molecule has 7 nitrogen and oxygen atoms in total. The van der Waals surface area contributed by atoms with Gasteiger partial charge in [-0.1, -0.05) is 42.0 Å². The number of benzene rings is 3. The van der Waals surface area contributed by atoms with Gasteiger partial charge in [0.25, 0.3) is 11.8 Å². The summed E-state index contributed by atoms with van der Waals surface area (Å²) in [4.78, 5) is 38.9. The van der Waals surface area contributed by atoms with Crippen LogP contribution in [0.15, 0.2) is 66.2 Å². The van der Waals surface area contributed by atoms with E-state index in [1.807, 2.05) is 13.0 Å². The van der Waals surface area contributed by atoms with Gasteiger partial charge in [0, 0.05) is 0 Å². The van der Waals surface area contributed by atoms with Gasteiger partial charge in [-0.2, -0.15) is 0 Å². The van der Waals surface area contributed by atoms with E-state index < -0.39 is 17.8 Å². The number of carbonyl (C=O) groups excluding carboxylic acids is 3. The van der Waals surface area contributed by atoms with E-state index in [0.717, 1.165) is 16.0 Å². The summed E-state index contributed by atoms with van der Waals surface area (Å²) in [5.74, 6) is -0.462. The Balaban J connectivity index is 1.58. The third-order valence-electron chi connectivity index (χ3n) is 5.86. The van der Waals surface area contributed by atoms with Crippen LogP contribution in [0.3, 0.4) is 0 Å². The van der Waals surface area contributed by atoms with Crippen LogP contribution in [0, 0.1) is 20.8 Å². The minimum atomic E-state index is -0.784. The number of rotatable bonds is 6. The Labute approximate surface area is 204 Å². The molecule has 3 aromatic rings. The van der Waals surface area contributed by atoms with Crippen LogP contribution in [0.25, 0.3) is 6.08 Å². The SMILES string of the molecule is COc1cc(/C=C2\C(=O)NC(=O)N(c3ccc(C)cc3)C2=O)ccc1OCc1ccc(C)c(C)c1. The molecule has 4 rings (SSSR count). The van der Waals surface area contributed by atoms with Crippen molar-refractivity contribution in [1.82, 2.24) is 5.32 Å². The highest BCUT2D eigenvalue weighted by molar-refractivity contribution is 6.39. The molecule has 0 bridgehead atoms. The van der Waals surface area contributed by atoms with E-state index >= 15 is 0 Å². The van der Waals surface area contributed by atoms with Crippen molar-refractivity contribution in [1.29, 1.82) is 0 Å². The first kappa shape index (κ1) is 23.8. The number of hydrogen-bond donors (Lipinski definition) is 1. The molecule has 0 unspecified atom stereocenters. The van der Waals surface area contributed by atoms with E-state index in [2.05, 4.69) is 31.3 Å². The van der Waals surface area contributed by atoms with Crippen molar-refractivity contribution in [3.63, 3.8) is 0 Å². The molecule has 1 aliphatic heterocycles. The van der Waals surface area contributed by atoms with Crippen LogP contribution in [0.1, 0.15) is 27.8 Å². The number of urea groups is 1. The normalized spacial score (nSPS) is 14.8. The summed E-state index contributed by atoms with van der Waals surface area (Å²) in [5.41, 5.74) is 5.20. The number of nitrogens with zero attached hydrogens (tertiary/aromatic N) is 1. The lowest BCUT2D eigenvalue weighted by Crippen LogP contribution is -2.54. The predicted molar refractivity (Wildman–Crippen MR) is 133 cm³/mol. The number of anilines is 1. The molecule has 0 spiro atoms. The molecule has 0 aliphatic carbocycles. The van der Waals surface area contributed by atoms with E-state index in [1.54, 1.807) is 42.5 Å². The predicted octanol–water partition coefficient (Wildman–Crippen LogP) is 4.87. The molecule has 0 radical (unpaired) electrons. The first-order valence-corrected chi connectivity index (χ1v) is 11.1. The van der Waals surface area contributed by atoms with Crippen molar-refractivity contribution in [2.75, 3.05) is 12.0 Å². The summed E-state index contributed by atoms with van der Waals surface area (Å²) in [6, 6.07) is 17.4. The Bertz CT molecular complexity index is 1340. The maximum Gasteiger partial charge on any atom is 0.335 e. The smallest absolute Gasteiger partial charge is 0.335 e. The summed E-state index contributed by atoms with van der Waals surface area (Å²) in [6.45, 7) is 6.38. The minimum Gasteiger partial charge on any atom is -0.493 e. The van der Waals surface area contributed by atoms with Gasteiger partial charge in [-0.25, -0.2) is 9.69 Å². The average Bonchev–Trinajstić information content (AvgIpc) is 2.84. The van der Waals surface area contributed by atoms with E-state index in [0.29, 0.717) is 29.4 Å². The fourth-order valence-electron chi connectivity index (χ4n) is 3.70. The number of methoxy groups -OCH3 is 1. The Morgan fingerprint density at radius 2 is 1.60 bits per heavy atom. The molecular weight excluding hydrogens is 444 g/mol. The van der Waals surface area contributed by atoms with Gasteiger partial charge in [-0.05, 0) is 73.4 Å². The van der Waals surface area contributed by atoms with Crippen LogP contribution in [-0.4, -0.2) is 25.0 Å². The molecule has 0 atom stereocenters. The highest BCUT2D eigenvalue weighted by atomic mass is 16.5. The quantitative estimate of drug-likeness (QED) is 0.411. The van der Waals surface area contributed by atoms with E-state index in [4.69, 9.17) is 9.47 Å². The number of carbonyl (C=O) groups is 3. The van der Waals surface area contributed by atoms with Crippen molar-refractivity contribution in [3.8, 4) is 11.5 Å². The van der Waals surface area contributed by atoms with Crippen molar-refractivity contribution in [2.24, 2.45) is 0 Å². The second-order valence-electron chi connectivity index (χ2n) is 8.41. The summed E-state index contributed by atoms with van der Waals surface area (Å²) in [5, 5.41) is 2.23. The molecule has 1 N–H and O–H groups in total. The van der Waals surface area contributed by atoms with E-state index in [1.165, 1.54) is 24.3 Å². The maximum atomic E-state index is 13.1. The second kappa shape index (κ2) is 9.85. The molecule has 1 saturated heterocycles. The van der Waals surface area contributed by atoms with Crippen LogP contribution < -0.4 is 19.7 Å². The molecule has 35 heavy (non-hydrogen) atoms. The summed E-state index contributed by atoms with van der Waals surface area (Å²) < 4.78 is 11.4. The zero-order chi connectivity index (χ0) is 25.1. The lowest BCUT2D eigenvalue weighted by Gasteiger charge is -2.26. The standard InChI is InChI=1S/C28H26N2O5/c1-17-5-10-22(11-6-17)30-27(32)23(26(31)29-28(30)33)14-20-9-12-24(25(15-20)34-4)35-16-21-8-7-18(2)19(3)13-21/h5-15H,16H2,1-4H3,(H,29,31,33)/b23-14+. The Hall–Kier alpha value is -4.39. The molecule has 1 fully saturated rings. The Kier molecular flexibility index (Phi) is 6.68. The van der Waals surface area contributed by atoms with Crippen LogP contribution in [-0.2, 0) is 16.2 Å². The molecule has 0 saturated carbocycles. The van der Waals surface area contributed by atoms with Gasteiger partial charge in [0.15, 0.2) is 11.5 Å². The van der Waals surface area contributed by atoms with Crippen molar-refractivity contribution in [3.05, 3.63) is 94.1 Å². The van der Waals surface area contributed by atoms with Crippen LogP contribution >= 0.6 is 0 Å². The van der Waals surface area contributed by atoms with Gasteiger partial charge in [-0.3, -0.25) is 14.9 Å². The average molecular weight is 471 g/mol. The molecule has 4 amide bonds. The Morgan fingerprint density at radius 3 is 2.29 bits per heavy atom. The van der Waals surface area contributed by atoms with Gasteiger partial charge >= 0.3 is 6.03 Å². The van der Waals surface area contributed by atoms with Gasteiger partial charge in [-0.15, -0.1) is 0 Å². The summed E-state index contributed by atoms with van der Waals surface area (Å²) >= 11 is 0. The first-order chi connectivity index (χ1) is 16.8. The second-order valence-corrected chi connectivity index (χ2v) is 8.41. The highest BCUT2D eigenvalue weighted by Gasteiger charge is 2.36. The van der Waals surface area contributed by atoms with Gasteiger partial charge in [0.1, 0.15) is 12.2 Å². The lowest BCUT2D eigenvalue weighted by molar-refractivity contribution is -0.122. The molecule has 7 heteroatoms. The number of hydrogen-bond acceptors (Lipinski definition) is 5. The number of barbiturate groups is 1. The number of imide groups is 2. The maximum absolute atomic E-state index is 13.1. The monoisotopic (exact) mass is 470 g/mol. The zero-order valence-electron chi connectivity index (χ0n) is 20.0. The number of aryl methyl sites for hydroxylation is 3. The zero-order valence-corrected chi connectivity index (χ0v) is 20.0. The topological polar surface area (TPSA) is 84.9 Å². The van der Waals surface area contributed by atoms with Crippen LogP contribution in [0.4, 0.5) is 10.5 Å². The third-order valence-corrected chi connectivity index (χ3v) is 5.86. The molecule has 0 aromatic heterocycles. The highest BCUT2D eigenvalue weighted by Crippen LogP contribution is 2.31. The molecular formula is C28H26N2O5. The lowest BCUT2D eigenvalue weighted by atomic mass is 10.1. The fraction of sp³-hybridized carbons (Fsp3) is 0.179. The molecule has 178 valence electrons. The summed E-state index contributed by atoms with van der Waals surface area (Å²) in [7, 11) is 1.52. The number of nitrogens with one attached hydrogen (secondary N) is 1. The molecule has 3 aromatic carbocycles. The first-order valence-electron chi connectivity index (χ1n) is 11.1. The number of ether oxygens (including phenoxy) is 2. The molecule has 1 aliphatic rings. The van der Waals surface area contributed by atoms with E-state index in [-0.39, 0.29) is 5.57 Å². The van der Waals surface area contributed by atoms with Gasteiger partial charge in [0.05, 0.1) is 12.8 Å². The van der Waals surface area contributed by atoms with Crippen molar-refractivity contribution in [2.45, 2.75) is 27.4 Å². The largest absolute Gasteiger partial charge is 0.493 e. The third kappa shape index (κ3) is 5.09. The van der Waals surface area contributed by atoms with Crippen LogP contribution in [0.5, 0.6) is 11.5 Å². The summed E-state index contributed by atoms with van der Waals surface area (Å²) in [6.07, 6.45) is 1.43. The van der Waals surface area contributed by atoms with Crippen molar-refractivity contribution < 1.29 is 23.9 Å². The van der Waals surface area contributed by atoms with E-state index in [9.17, 15) is 14.4 Å². The van der Waals surface area contributed by atoms with Crippen molar-refractivity contribution >= 4 is 29.6 Å². The molecule has 1 heterocycles. The fourth-order valence-corrected chi connectivity index (χ4v) is 3.70. The van der Waals surface area contributed by atoms with Gasteiger partial charge < -0.3 is 9.47 Å². The Morgan fingerprint density at radius 1 is 0.857 bits per heavy atom.